The number of guanidine groups is 1. The van der Waals surface area contributed by atoms with Gasteiger partial charge in [0.25, 0.3) is 0 Å². The highest BCUT2D eigenvalue weighted by Gasteiger charge is 2.03. The number of hydrogen-bond acceptors (Lipinski definition) is 4. The largest absolute Gasteiger partial charge is 0.360 e. The second-order valence-electron chi connectivity index (χ2n) is 1.09. The lowest BCUT2D eigenvalue weighted by atomic mass is 11.1. The third kappa shape index (κ3) is 4.23. The molecule has 0 aromatic carbocycles. The van der Waals surface area contributed by atoms with Gasteiger partial charge in [0, 0.05) is 0 Å². The molecule has 0 aliphatic heterocycles. The zero-order chi connectivity index (χ0) is 8.15. The number of hydrogen-bond donors (Lipinski definition) is 2. The van der Waals surface area contributed by atoms with Gasteiger partial charge in [0.1, 0.15) is 5.10 Å². The first-order valence-electron chi connectivity index (χ1n) is 1.92. The molecular weight excluding hydrogens is 146 g/mol. The van der Waals surface area contributed by atoms with E-state index in [9.17, 15) is 20.2 Å². The average Bonchev–Trinajstić information content (AvgIpc) is 1.58. The first-order valence-corrected chi connectivity index (χ1v) is 1.92. The van der Waals surface area contributed by atoms with Gasteiger partial charge in [-0.25, -0.2) is 20.2 Å². The monoisotopic (exact) mass is 149 g/mol. The van der Waals surface area contributed by atoms with E-state index in [1.807, 2.05) is 0 Å². The molecule has 10 heavy (non-hydrogen) atoms. The van der Waals surface area contributed by atoms with Gasteiger partial charge in [-0.3, -0.25) is 0 Å². The molecule has 0 aliphatic carbocycles. The summed E-state index contributed by atoms with van der Waals surface area (Å²) in [7, 11) is 0. The second kappa shape index (κ2) is 3.17. The molecule has 0 atom stereocenters. The Morgan fingerprint density at radius 1 is 1.50 bits per heavy atom. The van der Waals surface area contributed by atoms with E-state index >= 15 is 0 Å². The third-order valence-corrected chi connectivity index (χ3v) is 0.395. The first-order chi connectivity index (χ1) is 4.52. The second-order valence-corrected chi connectivity index (χ2v) is 1.09. The van der Waals surface area contributed by atoms with Crippen LogP contribution in [0.1, 0.15) is 0 Å². The van der Waals surface area contributed by atoms with Crippen LogP contribution in [0.15, 0.2) is 5.10 Å². The van der Waals surface area contributed by atoms with Crippen molar-refractivity contribution in [1.29, 1.82) is 0 Å². The summed E-state index contributed by atoms with van der Waals surface area (Å²) in [6, 6.07) is 0. The molecule has 0 aromatic rings. The van der Waals surface area contributed by atoms with Crippen LogP contribution in [-0.2, 0) is 0 Å². The van der Waals surface area contributed by atoms with E-state index in [-0.39, 0.29) is 0 Å². The molecule has 0 heterocycles. The van der Waals surface area contributed by atoms with Crippen molar-refractivity contribution < 1.29 is 10.1 Å². The molecule has 0 saturated heterocycles. The molecule has 56 valence electrons. The number of hydrazine groups is 1. The maximum absolute atomic E-state index is 9.50. The fourth-order valence-corrected chi connectivity index (χ4v) is 0.204. The lowest BCUT2D eigenvalue weighted by Crippen LogP contribution is -2.36. The Balaban J connectivity index is 3.95. The van der Waals surface area contributed by atoms with Gasteiger partial charge in [-0.05, 0) is 0 Å². The van der Waals surface area contributed by atoms with E-state index in [1.54, 1.807) is 0 Å². The van der Waals surface area contributed by atoms with Gasteiger partial charge < -0.3 is 5.73 Å². The highest BCUT2D eigenvalue weighted by molar-refractivity contribution is 5.75. The van der Waals surface area contributed by atoms with E-state index in [0.717, 1.165) is 0 Å². The Bertz CT molecular complexity index is 184. The van der Waals surface area contributed by atoms with Crippen LogP contribution in [0.5, 0.6) is 0 Å². The smallest absolute Gasteiger partial charge is 0.326 e. The fraction of sp³-hybridized carbons (Fsp3) is 0. The van der Waals surface area contributed by atoms with Crippen LogP contribution < -0.4 is 11.2 Å². The van der Waals surface area contributed by atoms with E-state index in [0.29, 0.717) is 0 Å². The molecule has 9 nitrogen and oxygen atoms in total. The highest BCUT2D eigenvalue weighted by Crippen LogP contribution is 1.67. The molecule has 0 amide bonds. The number of hydrazone groups is 1. The molecule has 0 aliphatic rings. The third-order valence-electron chi connectivity index (χ3n) is 0.395. The number of rotatable bonds is 2. The summed E-state index contributed by atoms with van der Waals surface area (Å²) in [4.78, 5) is 19.0. The highest BCUT2D eigenvalue weighted by atomic mass is 16.7. The van der Waals surface area contributed by atoms with E-state index in [1.165, 1.54) is 5.43 Å². The van der Waals surface area contributed by atoms with Crippen LogP contribution in [0.25, 0.3) is 0 Å². The number of nitrogens with one attached hydrogen (secondary N) is 1. The summed E-state index contributed by atoms with van der Waals surface area (Å²) in [5, 5.41) is 19.2. The number of nitrogens with zero attached hydrogens (tertiary/aromatic N) is 3. The summed E-state index contributed by atoms with van der Waals surface area (Å²) < 4.78 is 0. The molecule has 0 bridgehead atoms. The average molecular weight is 149 g/mol. The topological polar surface area (TPSA) is 137 Å². The van der Waals surface area contributed by atoms with Crippen LogP contribution >= 0.6 is 0 Å². The molecule has 9 heteroatoms. The van der Waals surface area contributed by atoms with Crippen LogP contribution in [0.4, 0.5) is 0 Å². The Labute approximate surface area is 53.8 Å². The maximum atomic E-state index is 9.50. The predicted molar refractivity (Wildman–Crippen MR) is 28.7 cm³/mol. The van der Waals surface area contributed by atoms with Gasteiger partial charge in [0.05, 0.1) is 0 Å². The van der Waals surface area contributed by atoms with Gasteiger partial charge in [0.15, 0.2) is 10.1 Å². The Hall–Kier alpha value is -1.93. The van der Waals surface area contributed by atoms with Gasteiger partial charge >= 0.3 is 5.96 Å². The SMILES string of the molecule is NC(=N[N+](=O)[O-])N[N+](=O)[O-]. The van der Waals surface area contributed by atoms with Gasteiger partial charge in [-0.1, -0.05) is 5.43 Å². The molecule has 0 saturated carbocycles. The minimum absolute atomic E-state index is 0.866. The number of nitrogens with two attached hydrogens (primary N) is 1. The van der Waals surface area contributed by atoms with Crippen molar-refractivity contribution >= 4 is 5.96 Å². The minimum atomic E-state index is -1.15. The molecule has 0 rings (SSSR count). The zero-order valence-corrected chi connectivity index (χ0v) is 4.55. The molecule has 0 radical (unpaired) electrons. The number of nitro groups is 2. The molecular formula is CH3N5O4. The van der Waals surface area contributed by atoms with Crippen molar-refractivity contribution in [2.75, 3.05) is 0 Å². The normalized spacial score (nSPS) is 10.6. The molecule has 0 spiro atoms. The molecule has 0 fully saturated rings. The van der Waals surface area contributed by atoms with Crippen molar-refractivity contribution in [3.05, 3.63) is 20.2 Å². The van der Waals surface area contributed by atoms with E-state index in [4.69, 9.17) is 0 Å². The van der Waals surface area contributed by atoms with Crippen molar-refractivity contribution in [2.24, 2.45) is 10.8 Å². The summed E-state index contributed by atoms with van der Waals surface area (Å²) >= 11 is 0. The Morgan fingerprint density at radius 3 is 2.30 bits per heavy atom. The quantitative estimate of drug-likeness (QED) is 0.207. The van der Waals surface area contributed by atoms with E-state index < -0.39 is 16.0 Å². The van der Waals surface area contributed by atoms with Crippen LogP contribution in [0, 0.1) is 20.2 Å². The van der Waals surface area contributed by atoms with Gasteiger partial charge in [-0.15, -0.1) is 0 Å². The van der Waals surface area contributed by atoms with Crippen molar-refractivity contribution in [3.8, 4) is 0 Å². The van der Waals surface area contributed by atoms with Gasteiger partial charge in [-0.2, -0.15) is 0 Å². The van der Waals surface area contributed by atoms with Crippen LogP contribution in [0.3, 0.4) is 0 Å². The first kappa shape index (κ1) is 8.07. The minimum Gasteiger partial charge on any atom is -0.360 e. The molecule has 0 unspecified atom stereocenters. The summed E-state index contributed by atoms with van der Waals surface area (Å²) in [5.41, 5.74) is 5.91. The van der Waals surface area contributed by atoms with E-state index in [2.05, 4.69) is 10.8 Å². The standard InChI is InChI=1S/CH3N5O4/c2-1(3-5(7)8)4-6(9)10/h(H3,2,3,4). The summed E-state index contributed by atoms with van der Waals surface area (Å²) in [6.07, 6.45) is 0. The van der Waals surface area contributed by atoms with Crippen molar-refractivity contribution in [3.63, 3.8) is 0 Å². The summed E-state index contributed by atoms with van der Waals surface area (Å²) in [5.74, 6) is -0.866. The fourth-order valence-electron chi connectivity index (χ4n) is 0.204. The lowest BCUT2D eigenvalue weighted by Gasteiger charge is -1.87. The Morgan fingerprint density at radius 2 is 2.00 bits per heavy atom. The van der Waals surface area contributed by atoms with Crippen LogP contribution in [0.2, 0.25) is 0 Å². The predicted octanol–water partition coefficient (Wildman–Crippen LogP) is -1.73. The van der Waals surface area contributed by atoms with Gasteiger partial charge in [0.2, 0.25) is 0 Å². The zero-order valence-electron chi connectivity index (χ0n) is 4.55. The molecule has 3 N–H and O–H groups in total. The van der Waals surface area contributed by atoms with Crippen molar-refractivity contribution in [1.82, 2.24) is 5.43 Å². The van der Waals surface area contributed by atoms with Crippen LogP contribution in [-0.4, -0.2) is 16.0 Å². The summed E-state index contributed by atoms with van der Waals surface area (Å²) in [6.45, 7) is 0. The van der Waals surface area contributed by atoms with Crippen molar-refractivity contribution in [2.45, 2.75) is 0 Å². The maximum Gasteiger partial charge on any atom is 0.326 e. The Kier molecular flexibility index (Phi) is 2.56. The lowest BCUT2D eigenvalue weighted by molar-refractivity contribution is -0.530. The molecule has 0 aromatic heterocycles.